The van der Waals surface area contributed by atoms with Crippen molar-refractivity contribution < 1.29 is 9.47 Å². The number of aromatic amines is 1. The second kappa shape index (κ2) is 5.47. The number of rotatable bonds is 3. The lowest BCUT2D eigenvalue weighted by Crippen LogP contribution is -1.93. The van der Waals surface area contributed by atoms with Gasteiger partial charge in [-0.2, -0.15) is 0 Å². The van der Waals surface area contributed by atoms with E-state index in [9.17, 15) is 0 Å². The Morgan fingerprint density at radius 2 is 1.81 bits per heavy atom. The van der Waals surface area contributed by atoms with Crippen molar-refractivity contribution in [1.82, 2.24) is 9.97 Å². The molecule has 0 spiro atoms. The van der Waals surface area contributed by atoms with Gasteiger partial charge in [-0.15, -0.1) is 0 Å². The fraction of sp³-hybridized carbons (Fsp3) is 0.133. The predicted molar refractivity (Wildman–Crippen MR) is 84.7 cm³/mol. The molecule has 0 aliphatic rings. The molecule has 3 rings (SSSR count). The van der Waals surface area contributed by atoms with Crippen molar-refractivity contribution in [3.05, 3.63) is 40.4 Å². The summed E-state index contributed by atoms with van der Waals surface area (Å²) < 4.78 is 10.7. The van der Waals surface area contributed by atoms with Gasteiger partial charge in [-0.3, -0.25) is 0 Å². The zero-order valence-corrected chi connectivity index (χ0v) is 12.9. The summed E-state index contributed by atoms with van der Waals surface area (Å²) in [5.74, 6) is 1.93. The summed E-state index contributed by atoms with van der Waals surface area (Å²) in [4.78, 5) is 7.75. The Kier molecular flexibility index (Phi) is 3.66. The maximum atomic E-state index is 6.02. The van der Waals surface area contributed by atoms with Crippen LogP contribution in [0.15, 0.2) is 30.3 Å². The van der Waals surface area contributed by atoms with Crippen molar-refractivity contribution in [2.75, 3.05) is 14.2 Å². The highest BCUT2D eigenvalue weighted by Crippen LogP contribution is 2.37. The molecule has 0 amide bonds. The summed E-state index contributed by atoms with van der Waals surface area (Å²) in [5.41, 5.74) is 2.36. The van der Waals surface area contributed by atoms with Crippen LogP contribution in [0.5, 0.6) is 11.5 Å². The minimum absolute atomic E-state index is 0.472. The standard InChI is InChI=1S/C15H12Cl2N2O2/c1-20-13-5-3-4-8(14(13)21-2)15-18-11-6-9(16)10(17)7-12(11)19-15/h3-7H,1-2H3,(H,18,19). The molecule has 0 aliphatic carbocycles. The maximum Gasteiger partial charge on any atom is 0.171 e. The first-order valence-corrected chi connectivity index (χ1v) is 6.95. The van der Waals surface area contributed by atoms with E-state index in [-0.39, 0.29) is 0 Å². The largest absolute Gasteiger partial charge is 0.493 e. The number of nitrogens with zero attached hydrogens (tertiary/aromatic N) is 1. The monoisotopic (exact) mass is 322 g/mol. The molecule has 0 saturated carbocycles. The van der Waals surface area contributed by atoms with Crippen molar-refractivity contribution in [3.8, 4) is 22.9 Å². The van der Waals surface area contributed by atoms with Crippen LogP contribution in [-0.2, 0) is 0 Å². The number of H-pyrrole nitrogens is 1. The number of nitrogens with one attached hydrogen (secondary N) is 1. The molecular weight excluding hydrogens is 311 g/mol. The molecule has 1 N–H and O–H groups in total. The zero-order valence-electron chi connectivity index (χ0n) is 11.4. The van der Waals surface area contributed by atoms with Crippen molar-refractivity contribution in [2.45, 2.75) is 0 Å². The van der Waals surface area contributed by atoms with Gasteiger partial charge in [0.15, 0.2) is 11.5 Å². The van der Waals surface area contributed by atoms with Gasteiger partial charge in [0.05, 0.1) is 40.9 Å². The van der Waals surface area contributed by atoms with Gasteiger partial charge in [0.25, 0.3) is 0 Å². The number of imidazole rings is 1. The lowest BCUT2D eigenvalue weighted by atomic mass is 10.1. The first kappa shape index (κ1) is 14.0. The highest BCUT2D eigenvalue weighted by atomic mass is 35.5. The van der Waals surface area contributed by atoms with Gasteiger partial charge in [0.1, 0.15) is 5.82 Å². The van der Waals surface area contributed by atoms with E-state index in [0.29, 0.717) is 27.4 Å². The molecule has 6 heteroatoms. The van der Waals surface area contributed by atoms with Crippen LogP contribution in [0.3, 0.4) is 0 Å². The van der Waals surface area contributed by atoms with Gasteiger partial charge in [-0.25, -0.2) is 4.98 Å². The quantitative estimate of drug-likeness (QED) is 0.769. The normalized spacial score (nSPS) is 10.9. The number of ether oxygens (including phenoxy) is 2. The first-order chi connectivity index (χ1) is 10.1. The third kappa shape index (κ3) is 2.41. The fourth-order valence-corrected chi connectivity index (χ4v) is 2.53. The van der Waals surface area contributed by atoms with Gasteiger partial charge in [-0.1, -0.05) is 29.3 Å². The van der Waals surface area contributed by atoms with Crippen molar-refractivity contribution in [2.24, 2.45) is 0 Å². The van der Waals surface area contributed by atoms with Crippen molar-refractivity contribution >= 4 is 34.2 Å². The molecule has 4 nitrogen and oxygen atoms in total. The molecule has 0 fully saturated rings. The van der Waals surface area contributed by atoms with E-state index in [1.54, 1.807) is 26.4 Å². The van der Waals surface area contributed by atoms with E-state index in [4.69, 9.17) is 32.7 Å². The molecule has 0 radical (unpaired) electrons. The Morgan fingerprint density at radius 3 is 2.52 bits per heavy atom. The third-order valence-electron chi connectivity index (χ3n) is 3.18. The van der Waals surface area contributed by atoms with Gasteiger partial charge in [0, 0.05) is 0 Å². The number of halogens is 2. The Balaban J connectivity index is 2.21. The second-order valence-electron chi connectivity index (χ2n) is 4.41. The average Bonchev–Trinajstić information content (AvgIpc) is 2.89. The third-order valence-corrected chi connectivity index (χ3v) is 3.90. The van der Waals surface area contributed by atoms with E-state index >= 15 is 0 Å². The van der Waals surface area contributed by atoms with Gasteiger partial charge < -0.3 is 14.5 Å². The average molecular weight is 323 g/mol. The van der Waals surface area contributed by atoms with E-state index in [2.05, 4.69) is 9.97 Å². The van der Waals surface area contributed by atoms with Crippen molar-refractivity contribution in [1.29, 1.82) is 0 Å². The Labute approximate surface area is 131 Å². The Morgan fingerprint density at radius 1 is 1.05 bits per heavy atom. The number of para-hydroxylation sites is 1. The van der Waals surface area contributed by atoms with Crippen LogP contribution in [0.1, 0.15) is 0 Å². The number of fused-ring (bicyclic) bond motifs is 1. The second-order valence-corrected chi connectivity index (χ2v) is 5.22. The number of benzene rings is 2. The number of aromatic nitrogens is 2. The summed E-state index contributed by atoms with van der Waals surface area (Å²) in [6.07, 6.45) is 0. The van der Waals surface area contributed by atoms with Crippen molar-refractivity contribution in [3.63, 3.8) is 0 Å². The minimum atomic E-state index is 0.472. The summed E-state index contributed by atoms with van der Waals surface area (Å²) in [6, 6.07) is 9.10. The number of methoxy groups -OCH3 is 2. The van der Waals surface area contributed by atoms with Gasteiger partial charge >= 0.3 is 0 Å². The molecule has 2 aromatic carbocycles. The first-order valence-electron chi connectivity index (χ1n) is 6.20. The van der Waals surface area contributed by atoms with E-state index < -0.39 is 0 Å². The fourth-order valence-electron chi connectivity index (χ4n) is 2.21. The van der Waals surface area contributed by atoms with E-state index in [0.717, 1.165) is 16.6 Å². The SMILES string of the molecule is COc1cccc(-c2nc3cc(Cl)c(Cl)cc3[nH]2)c1OC. The van der Waals surface area contributed by atoms with Crippen LogP contribution in [0.25, 0.3) is 22.4 Å². The lowest BCUT2D eigenvalue weighted by Gasteiger charge is -2.10. The van der Waals surface area contributed by atoms with Crippen LogP contribution in [0, 0.1) is 0 Å². The lowest BCUT2D eigenvalue weighted by molar-refractivity contribution is 0.356. The summed E-state index contributed by atoms with van der Waals surface area (Å²) >= 11 is 12.0. The molecule has 1 aromatic heterocycles. The highest BCUT2D eigenvalue weighted by molar-refractivity contribution is 6.42. The van der Waals surface area contributed by atoms with E-state index in [1.807, 2.05) is 18.2 Å². The van der Waals surface area contributed by atoms with Gasteiger partial charge in [0.2, 0.25) is 0 Å². The zero-order chi connectivity index (χ0) is 15.0. The Hall–Kier alpha value is -1.91. The van der Waals surface area contributed by atoms with E-state index in [1.165, 1.54) is 0 Å². The molecule has 0 saturated heterocycles. The molecule has 3 aromatic rings. The summed E-state index contributed by atoms with van der Waals surface area (Å²) in [7, 11) is 3.19. The highest BCUT2D eigenvalue weighted by Gasteiger charge is 2.15. The maximum absolute atomic E-state index is 6.02. The molecule has 0 bridgehead atoms. The van der Waals surface area contributed by atoms with Crippen LogP contribution in [0.2, 0.25) is 10.0 Å². The summed E-state index contributed by atoms with van der Waals surface area (Å²) in [6.45, 7) is 0. The number of hydrogen-bond donors (Lipinski definition) is 1. The smallest absolute Gasteiger partial charge is 0.171 e. The molecule has 108 valence electrons. The number of hydrogen-bond acceptors (Lipinski definition) is 3. The molecule has 1 heterocycles. The molecular formula is C15H12Cl2N2O2. The Bertz CT molecular complexity index is 776. The van der Waals surface area contributed by atoms with Crippen LogP contribution in [-0.4, -0.2) is 24.2 Å². The molecule has 21 heavy (non-hydrogen) atoms. The summed E-state index contributed by atoms with van der Waals surface area (Å²) in [5, 5.41) is 0.955. The molecule has 0 atom stereocenters. The topological polar surface area (TPSA) is 47.1 Å². The molecule has 0 unspecified atom stereocenters. The van der Waals surface area contributed by atoms with Crippen LogP contribution in [0.4, 0.5) is 0 Å². The molecule has 0 aliphatic heterocycles. The van der Waals surface area contributed by atoms with Crippen LogP contribution < -0.4 is 9.47 Å². The predicted octanol–water partition coefficient (Wildman–Crippen LogP) is 4.55. The minimum Gasteiger partial charge on any atom is -0.493 e. The van der Waals surface area contributed by atoms with Crippen LogP contribution >= 0.6 is 23.2 Å². The van der Waals surface area contributed by atoms with Gasteiger partial charge in [-0.05, 0) is 24.3 Å².